The van der Waals surface area contributed by atoms with E-state index < -0.39 is 0 Å². The zero-order chi connectivity index (χ0) is 23.3. The zero-order valence-electron chi connectivity index (χ0n) is 18.4. The molecule has 4 heterocycles. The van der Waals surface area contributed by atoms with Crippen molar-refractivity contribution in [3.8, 4) is 11.3 Å². The van der Waals surface area contributed by atoms with Gasteiger partial charge in [0.2, 0.25) is 0 Å². The van der Waals surface area contributed by atoms with Crippen LogP contribution in [0.25, 0.3) is 20.8 Å². The summed E-state index contributed by atoms with van der Waals surface area (Å²) >= 11 is 2.96. The van der Waals surface area contributed by atoms with Gasteiger partial charge in [0.05, 0.1) is 34.7 Å². The average molecular weight is 498 g/mol. The van der Waals surface area contributed by atoms with Crippen LogP contribution >= 0.6 is 22.7 Å². The van der Waals surface area contributed by atoms with Crippen molar-refractivity contribution in [1.29, 1.82) is 0 Å². The number of carbonyl (C=O) groups is 1. The molecule has 0 unspecified atom stereocenters. The molecule has 1 saturated heterocycles. The number of aromatic nitrogens is 2. The van der Waals surface area contributed by atoms with E-state index in [1.165, 1.54) is 23.6 Å². The first kappa shape index (κ1) is 22.9. The van der Waals surface area contributed by atoms with Gasteiger partial charge in [-0.1, -0.05) is 23.5 Å². The quantitative estimate of drug-likeness (QED) is 0.336. The summed E-state index contributed by atoms with van der Waals surface area (Å²) in [5.74, 6) is -0.535. The molecule has 1 aliphatic heterocycles. The molecule has 1 aromatic carbocycles. The number of carbonyl (C=O) groups excluding carboxylic acids is 1. The molecule has 0 spiro atoms. The van der Waals surface area contributed by atoms with Gasteiger partial charge in [0.25, 0.3) is 5.91 Å². The number of amides is 1. The second-order valence-electron chi connectivity index (χ2n) is 7.93. The topological polar surface area (TPSA) is 79.4 Å². The molecule has 1 fully saturated rings. The van der Waals surface area contributed by atoms with Crippen LogP contribution in [0.15, 0.2) is 48.7 Å². The SMILES string of the molecule is O=C(Nc1ccc(-c2ccc(F)cn2)cc1)c1cc2sc(NCCCN3CCOCC3)nc2s1. The van der Waals surface area contributed by atoms with Crippen LogP contribution in [0.3, 0.4) is 0 Å². The third-order valence-corrected chi connectivity index (χ3v) is 7.63. The van der Waals surface area contributed by atoms with Crippen LogP contribution in [0.1, 0.15) is 16.1 Å². The molecule has 5 rings (SSSR count). The first-order valence-corrected chi connectivity index (χ1v) is 12.7. The normalized spacial score (nSPS) is 14.4. The largest absolute Gasteiger partial charge is 0.379 e. The molecule has 1 aliphatic rings. The van der Waals surface area contributed by atoms with Crippen molar-refractivity contribution in [2.24, 2.45) is 0 Å². The molecule has 0 saturated carbocycles. The Hall–Kier alpha value is -2.92. The Morgan fingerprint density at radius 1 is 1.12 bits per heavy atom. The number of nitrogens with zero attached hydrogens (tertiary/aromatic N) is 3. The van der Waals surface area contributed by atoms with Crippen molar-refractivity contribution < 1.29 is 13.9 Å². The summed E-state index contributed by atoms with van der Waals surface area (Å²) < 4.78 is 19.4. The predicted octanol–water partition coefficient (Wildman–Crippen LogP) is 4.95. The molecular weight excluding hydrogens is 473 g/mol. The van der Waals surface area contributed by atoms with Crippen LogP contribution in [0.4, 0.5) is 15.2 Å². The number of pyridine rings is 1. The molecule has 34 heavy (non-hydrogen) atoms. The summed E-state index contributed by atoms with van der Waals surface area (Å²) in [6.45, 7) is 5.59. The summed E-state index contributed by atoms with van der Waals surface area (Å²) in [7, 11) is 0. The van der Waals surface area contributed by atoms with E-state index in [2.05, 4.69) is 25.5 Å². The van der Waals surface area contributed by atoms with E-state index in [1.807, 2.05) is 30.3 Å². The Kier molecular flexibility index (Phi) is 7.10. The molecular formula is C24H24FN5O2S2. The van der Waals surface area contributed by atoms with E-state index in [-0.39, 0.29) is 11.7 Å². The molecule has 7 nitrogen and oxygen atoms in total. The van der Waals surface area contributed by atoms with Crippen LogP contribution in [0, 0.1) is 5.82 Å². The van der Waals surface area contributed by atoms with Crippen LogP contribution in [-0.2, 0) is 4.74 Å². The van der Waals surface area contributed by atoms with E-state index in [4.69, 9.17) is 4.74 Å². The highest BCUT2D eigenvalue weighted by atomic mass is 32.1. The molecule has 0 radical (unpaired) electrons. The average Bonchev–Trinajstić information content (AvgIpc) is 3.43. The maximum Gasteiger partial charge on any atom is 0.265 e. The van der Waals surface area contributed by atoms with Crippen molar-refractivity contribution in [1.82, 2.24) is 14.9 Å². The summed E-state index contributed by atoms with van der Waals surface area (Å²) in [4.78, 5) is 25.3. The summed E-state index contributed by atoms with van der Waals surface area (Å²) in [5, 5.41) is 7.21. The number of benzene rings is 1. The number of rotatable bonds is 8. The number of anilines is 2. The van der Waals surface area contributed by atoms with Gasteiger partial charge in [0, 0.05) is 30.9 Å². The van der Waals surface area contributed by atoms with Crippen LogP contribution in [0.5, 0.6) is 0 Å². The summed E-state index contributed by atoms with van der Waals surface area (Å²) in [5.41, 5.74) is 2.21. The molecule has 4 aromatic rings. The Labute approximate surface area is 204 Å². The van der Waals surface area contributed by atoms with Gasteiger partial charge < -0.3 is 15.4 Å². The Balaban J connectivity index is 1.14. The van der Waals surface area contributed by atoms with Crippen LogP contribution < -0.4 is 10.6 Å². The fourth-order valence-corrected chi connectivity index (χ4v) is 5.75. The number of hydrogen-bond acceptors (Lipinski definition) is 8. The summed E-state index contributed by atoms with van der Waals surface area (Å²) in [6, 6.07) is 12.2. The molecule has 0 aliphatic carbocycles. The van der Waals surface area contributed by atoms with Gasteiger partial charge >= 0.3 is 0 Å². The number of halogens is 1. The Morgan fingerprint density at radius 3 is 2.68 bits per heavy atom. The highest BCUT2D eigenvalue weighted by Gasteiger charge is 2.15. The van der Waals surface area contributed by atoms with Gasteiger partial charge in [-0.3, -0.25) is 14.7 Å². The van der Waals surface area contributed by atoms with Gasteiger partial charge in [-0.05, 0) is 43.3 Å². The van der Waals surface area contributed by atoms with Crippen LogP contribution in [-0.4, -0.2) is 60.2 Å². The van der Waals surface area contributed by atoms with Crippen molar-refractivity contribution >= 4 is 48.9 Å². The maximum atomic E-state index is 13.1. The minimum Gasteiger partial charge on any atom is -0.379 e. The molecule has 10 heteroatoms. The second-order valence-corrected chi connectivity index (χ2v) is 9.99. The van der Waals surface area contributed by atoms with Crippen LogP contribution in [0.2, 0.25) is 0 Å². The molecule has 0 atom stereocenters. The molecule has 176 valence electrons. The maximum absolute atomic E-state index is 13.1. The van der Waals surface area contributed by atoms with Gasteiger partial charge in [0.1, 0.15) is 10.6 Å². The zero-order valence-corrected chi connectivity index (χ0v) is 20.1. The Bertz CT molecular complexity index is 1220. The second kappa shape index (κ2) is 10.6. The van der Waals surface area contributed by atoms with Crippen molar-refractivity contribution in [3.63, 3.8) is 0 Å². The number of ether oxygens (including phenoxy) is 1. The molecule has 0 bridgehead atoms. The lowest BCUT2D eigenvalue weighted by Crippen LogP contribution is -2.37. The first-order chi connectivity index (χ1) is 16.6. The molecule has 3 aromatic heterocycles. The first-order valence-electron chi connectivity index (χ1n) is 11.1. The molecule has 2 N–H and O–H groups in total. The lowest BCUT2D eigenvalue weighted by Gasteiger charge is -2.26. The van der Waals surface area contributed by atoms with Crippen molar-refractivity contribution in [2.45, 2.75) is 6.42 Å². The summed E-state index contributed by atoms with van der Waals surface area (Å²) in [6.07, 6.45) is 2.24. The van der Waals surface area contributed by atoms with E-state index in [1.54, 1.807) is 17.4 Å². The van der Waals surface area contributed by atoms with Gasteiger partial charge in [0.15, 0.2) is 5.13 Å². The van der Waals surface area contributed by atoms with Crippen molar-refractivity contribution in [2.75, 3.05) is 50.0 Å². The Morgan fingerprint density at radius 2 is 1.94 bits per heavy atom. The number of nitrogens with one attached hydrogen (secondary N) is 2. The third kappa shape index (κ3) is 5.58. The number of thiophene rings is 1. The fraction of sp³-hybridized carbons (Fsp3) is 0.292. The highest BCUT2D eigenvalue weighted by molar-refractivity contribution is 7.29. The molecule has 1 amide bonds. The monoisotopic (exact) mass is 497 g/mol. The van der Waals surface area contributed by atoms with E-state index in [9.17, 15) is 9.18 Å². The minimum absolute atomic E-state index is 0.164. The van der Waals surface area contributed by atoms with E-state index in [0.717, 1.165) is 66.0 Å². The van der Waals surface area contributed by atoms with Gasteiger partial charge in [-0.15, -0.1) is 11.3 Å². The lowest BCUT2D eigenvalue weighted by atomic mass is 10.1. The van der Waals surface area contributed by atoms with Gasteiger partial charge in [-0.2, -0.15) is 0 Å². The fourth-order valence-electron chi connectivity index (χ4n) is 3.71. The number of fused-ring (bicyclic) bond motifs is 1. The van der Waals surface area contributed by atoms with E-state index >= 15 is 0 Å². The predicted molar refractivity (Wildman–Crippen MR) is 135 cm³/mol. The minimum atomic E-state index is -0.371. The highest BCUT2D eigenvalue weighted by Crippen LogP contribution is 2.33. The van der Waals surface area contributed by atoms with E-state index in [0.29, 0.717) is 16.3 Å². The number of morpholine rings is 1. The van der Waals surface area contributed by atoms with Gasteiger partial charge in [-0.25, -0.2) is 9.37 Å². The number of hydrogen-bond donors (Lipinski definition) is 2. The van der Waals surface area contributed by atoms with Crippen molar-refractivity contribution in [3.05, 3.63) is 59.4 Å². The smallest absolute Gasteiger partial charge is 0.265 e. The number of thiazole rings is 1. The standard InChI is InChI=1S/C24H24FN5O2S2/c25-17-4-7-19(27-15-17)16-2-5-18(6-3-16)28-22(31)20-14-21-23(33-20)29-24(34-21)26-8-1-9-30-10-12-32-13-11-30/h2-7,14-15H,1,8-13H2,(H,26,29)(H,28,31). The third-order valence-electron chi connectivity index (χ3n) is 5.51. The lowest BCUT2D eigenvalue weighted by molar-refractivity contribution is 0.0378.